The molecule has 8 heteroatoms. The number of urea groups is 1. The van der Waals surface area contributed by atoms with Crippen molar-refractivity contribution in [2.45, 2.75) is 38.8 Å². The second kappa shape index (κ2) is 9.69. The molecule has 2 aromatic carbocycles. The van der Waals surface area contributed by atoms with Crippen LogP contribution in [0.25, 0.3) is 0 Å². The lowest BCUT2D eigenvalue weighted by atomic mass is 9.91. The number of fused-ring (bicyclic) bond motifs is 1. The van der Waals surface area contributed by atoms with Crippen LogP contribution < -0.4 is 20.1 Å². The van der Waals surface area contributed by atoms with E-state index in [0.717, 1.165) is 11.1 Å². The van der Waals surface area contributed by atoms with Gasteiger partial charge in [-0.25, -0.2) is 4.79 Å². The number of benzene rings is 2. The van der Waals surface area contributed by atoms with E-state index in [9.17, 15) is 9.59 Å². The minimum atomic E-state index is -0.385. The van der Waals surface area contributed by atoms with Gasteiger partial charge < -0.3 is 25.0 Å². The zero-order valence-electron chi connectivity index (χ0n) is 19.1. The average molecular weight is 460 g/mol. The highest BCUT2D eigenvalue weighted by Gasteiger charge is 2.33. The van der Waals surface area contributed by atoms with Crippen LogP contribution in [-0.2, 0) is 6.42 Å². The van der Waals surface area contributed by atoms with E-state index in [0.29, 0.717) is 35.1 Å². The van der Waals surface area contributed by atoms with Gasteiger partial charge in [0, 0.05) is 29.2 Å². The Labute approximate surface area is 194 Å². The van der Waals surface area contributed by atoms with Crippen LogP contribution >= 0.6 is 11.6 Å². The Morgan fingerprint density at radius 2 is 1.81 bits per heavy atom. The third kappa shape index (κ3) is 5.46. The highest BCUT2D eigenvalue weighted by molar-refractivity contribution is 6.30. The Balaban J connectivity index is 1.92. The summed E-state index contributed by atoms with van der Waals surface area (Å²) in [4.78, 5) is 27.6. The average Bonchev–Trinajstić information content (AvgIpc) is 2.74. The maximum Gasteiger partial charge on any atom is 0.318 e. The zero-order valence-corrected chi connectivity index (χ0v) is 19.9. The smallest absolute Gasteiger partial charge is 0.318 e. The lowest BCUT2D eigenvalue weighted by Crippen LogP contribution is -2.53. The molecule has 0 saturated carbocycles. The number of nitrogens with one attached hydrogen (secondary N) is 2. The molecule has 3 amide bonds. The maximum atomic E-state index is 13.1. The molecular formula is C24H30ClN3O4. The normalized spacial score (nSPS) is 15.6. The molecule has 1 unspecified atom stereocenters. The first-order valence-corrected chi connectivity index (χ1v) is 10.9. The molecule has 1 atom stereocenters. The molecule has 32 heavy (non-hydrogen) atoms. The standard InChI is InChI=1S/C24H30ClN3O4/c1-24(2,3)27-23(30)28-10-9-15-12-20(31-4)21(32-5)13-18(15)19(28)14-26-22(29)16-7-6-8-17(25)11-16/h6-8,11-13,19H,9-10,14H2,1-5H3,(H,26,29)(H,27,30). The van der Waals surface area contributed by atoms with Crippen molar-refractivity contribution in [1.82, 2.24) is 15.5 Å². The van der Waals surface area contributed by atoms with E-state index in [2.05, 4.69) is 10.6 Å². The number of amides is 3. The number of methoxy groups -OCH3 is 2. The number of ether oxygens (including phenoxy) is 2. The number of hydrogen-bond donors (Lipinski definition) is 2. The molecule has 0 aromatic heterocycles. The van der Waals surface area contributed by atoms with E-state index in [1.807, 2.05) is 32.9 Å². The third-order valence-electron chi connectivity index (χ3n) is 5.29. The fourth-order valence-electron chi connectivity index (χ4n) is 3.81. The minimum absolute atomic E-state index is 0.181. The van der Waals surface area contributed by atoms with Gasteiger partial charge in [0.1, 0.15) is 0 Å². The van der Waals surface area contributed by atoms with Crippen LogP contribution in [0.4, 0.5) is 4.79 Å². The summed E-state index contributed by atoms with van der Waals surface area (Å²) in [6.07, 6.45) is 0.673. The number of rotatable bonds is 5. The van der Waals surface area contributed by atoms with Gasteiger partial charge in [0.2, 0.25) is 0 Å². The van der Waals surface area contributed by atoms with Crippen LogP contribution in [0.5, 0.6) is 11.5 Å². The first-order valence-electron chi connectivity index (χ1n) is 10.5. The quantitative estimate of drug-likeness (QED) is 0.702. The summed E-state index contributed by atoms with van der Waals surface area (Å²) in [7, 11) is 3.17. The van der Waals surface area contributed by atoms with Gasteiger partial charge in [-0.05, 0) is 68.7 Å². The van der Waals surface area contributed by atoms with E-state index in [-0.39, 0.29) is 30.1 Å². The van der Waals surface area contributed by atoms with Gasteiger partial charge in [-0.1, -0.05) is 17.7 Å². The van der Waals surface area contributed by atoms with E-state index < -0.39 is 0 Å². The van der Waals surface area contributed by atoms with Crippen molar-refractivity contribution >= 4 is 23.5 Å². The van der Waals surface area contributed by atoms with Crippen molar-refractivity contribution in [3.8, 4) is 11.5 Å². The molecular weight excluding hydrogens is 430 g/mol. The monoisotopic (exact) mass is 459 g/mol. The Bertz CT molecular complexity index is 1000. The number of halogens is 1. The Kier molecular flexibility index (Phi) is 7.19. The lowest BCUT2D eigenvalue weighted by Gasteiger charge is -2.39. The predicted molar refractivity (Wildman–Crippen MR) is 125 cm³/mol. The maximum absolute atomic E-state index is 13.1. The Morgan fingerprint density at radius 1 is 1.12 bits per heavy atom. The molecule has 7 nitrogen and oxygen atoms in total. The molecule has 0 aliphatic carbocycles. The highest BCUT2D eigenvalue weighted by Crippen LogP contribution is 2.38. The van der Waals surface area contributed by atoms with E-state index in [1.165, 1.54) is 0 Å². The largest absolute Gasteiger partial charge is 0.493 e. The molecule has 1 aliphatic rings. The Morgan fingerprint density at radius 3 is 2.44 bits per heavy atom. The van der Waals surface area contributed by atoms with Crippen molar-refractivity contribution in [1.29, 1.82) is 0 Å². The molecule has 1 heterocycles. The Hall–Kier alpha value is -2.93. The van der Waals surface area contributed by atoms with Crippen LogP contribution in [0.3, 0.4) is 0 Å². The van der Waals surface area contributed by atoms with Crippen LogP contribution in [0, 0.1) is 0 Å². The first kappa shape index (κ1) is 23.7. The molecule has 0 fully saturated rings. The van der Waals surface area contributed by atoms with Crippen LogP contribution in [-0.4, -0.2) is 49.7 Å². The van der Waals surface area contributed by atoms with Crippen LogP contribution in [0.15, 0.2) is 36.4 Å². The van der Waals surface area contributed by atoms with E-state index in [1.54, 1.807) is 43.4 Å². The number of nitrogens with zero attached hydrogens (tertiary/aromatic N) is 1. The van der Waals surface area contributed by atoms with Gasteiger partial charge in [0.15, 0.2) is 11.5 Å². The van der Waals surface area contributed by atoms with Gasteiger partial charge in [-0.3, -0.25) is 4.79 Å². The second-order valence-electron chi connectivity index (χ2n) is 8.77. The van der Waals surface area contributed by atoms with Crippen LogP contribution in [0.2, 0.25) is 5.02 Å². The van der Waals surface area contributed by atoms with Crippen molar-refractivity contribution in [3.63, 3.8) is 0 Å². The summed E-state index contributed by atoms with van der Waals surface area (Å²) >= 11 is 6.03. The number of hydrogen-bond acceptors (Lipinski definition) is 4. The summed E-state index contributed by atoms with van der Waals surface area (Å²) in [5, 5.41) is 6.48. The fraction of sp³-hybridized carbons (Fsp3) is 0.417. The molecule has 172 valence electrons. The van der Waals surface area contributed by atoms with Gasteiger partial charge in [-0.15, -0.1) is 0 Å². The predicted octanol–water partition coefficient (Wildman–Crippen LogP) is 4.19. The SMILES string of the molecule is COc1cc2c(cc1OC)C(CNC(=O)c1cccc(Cl)c1)N(C(=O)NC(C)(C)C)CC2. The van der Waals surface area contributed by atoms with E-state index >= 15 is 0 Å². The summed E-state index contributed by atoms with van der Waals surface area (Å²) < 4.78 is 10.9. The van der Waals surface area contributed by atoms with E-state index in [4.69, 9.17) is 21.1 Å². The summed E-state index contributed by atoms with van der Waals surface area (Å²) in [5.74, 6) is 0.965. The van der Waals surface area contributed by atoms with Gasteiger partial charge in [0.25, 0.3) is 5.91 Å². The van der Waals surface area contributed by atoms with Crippen molar-refractivity contribution in [2.75, 3.05) is 27.3 Å². The summed E-state index contributed by atoms with van der Waals surface area (Å²) in [5.41, 5.74) is 2.06. The van der Waals surface area contributed by atoms with Gasteiger partial charge in [0.05, 0.1) is 20.3 Å². The molecule has 0 saturated heterocycles. The minimum Gasteiger partial charge on any atom is -0.493 e. The molecule has 2 aromatic rings. The van der Waals surface area contributed by atoms with Crippen molar-refractivity contribution in [2.24, 2.45) is 0 Å². The first-order chi connectivity index (χ1) is 15.1. The molecule has 0 spiro atoms. The van der Waals surface area contributed by atoms with Gasteiger partial charge in [-0.2, -0.15) is 0 Å². The summed E-state index contributed by atoms with van der Waals surface area (Å²) in [6, 6.07) is 10.0. The molecule has 0 bridgehead atoms. The van der Waals surface area contributed by atoms with Crippen LogP contribution in [0.1, 0.15) is 48.3 Å². The fourth-order valence-corrected chi connectivity index (χ4v) is 4.00. The molecule has 2 N–H and O–H groups in total. The zero-order chi connectivity index (χ0) is 23.5. The molecule has 3 rings (SSSR count). The third-order valence-corrected chi connectivity index (χ3v) is 5.52. The molecule has 0 radical (unpaired) electrons. The highest BCUT2D eigenvalue weighted by atomic mass is 35.5. The second-order valence-corrected chi connectivity index (χ2v) is 9.20. The van der Waals surface area contributed by atoms with Crippen molar-refractivity contribution < 1.29 is 19.1 Å². The lowest BCUT2D eigenvalue weighted by molar-refractivity contribution is 0.0932. The molecule has 1 aliphatic heterocycles. The topological polar surface area (TPSA) is 79.9 Å². The summed E-state index contributed by atoms with van der Waals surface area (Å²) in [6.45, 7) is 6.57. The van der Waals surface area contributed by atoms with Gasteiger partial charge >= 0.3 is 6.03 Å². The van der Waals surface area contributed by atoms with Crippen molar-refractivity contribution in [3.05, 3.63) is 58.1 Å². The number of carbonyl (C=O) groups excluding carboxylic acids is 2. The number of carbonyl (C=O) groups is 2.